The Labute approximate surface area is 174 Å². The number of hydrogen-bond acceptors (Lipinski definition) is 6. The summed E-state index contributed by atoms with van der Waals surface area (Å²) in [6.45, 7) is 2.67. The number of nitrogens with zero attached hydrogens (tertiary/aromatic N) is 2. The fraction of sp³-hybridized carbons (Fsp3) is 0.261. The molecule has 1 N–H and O–H groups in total. The molecule has 0 saturated heterocycles. The van der Waals surface area contributed by atoms with E-state index in [0.29, 0.717) is 24.5 Å². The summed E-state index contributed by atoms with van der Waals surface area (Å²) in [5.41, 5.74) is 4.31. The van der Waals surface area contributed by atoms with E-state index in [1.54, 1.807) is 24.3 Å². The van der Waals surface area contributed by atoms with E-state index in [-0.39, 0.29) is 11.6 Å². The maximum absolute atomic E-state index is 12.4. The number of esters is 1. The quantitative estimate of drug-likeness (QED) is 0.635. The van der Waals surface area contributed by atoms with Gasteiger partial charge < -0.3 is 14.5 Å². The van der Waals surface area contributed by atoms with Crippen molar-refractivity contribution >= 4 is 11.9 Å². The molecule has 7 heteroatoms. The molecule has 3 aromatic rings. The maximum Gasteiger partial charge on any atom is 0.337 e. The largest absolute Gasteiger partial charge is 0.465 e. The van der Waals surface area contributed by atoms with E-state index in [0.717, 1.165) is 25.1 Å². The first-order chi connectivity index (χ1) is 14.6. The minimum atomic E-state index is -0.391. The van der Waals surface area contributed by atoms with Crippen LogP contribution < -0.4 is 5.32 Å². The van der Waals surface area contributed by atoms with Crippen molar-refractivity contribution in [3.63, 3.8) is 0 Å². The van der Waals surface area contributed by atoms with Crippen molar-refractivity contribution in [2.45, 2.75) is 26.1 Å². The molecular formula is C23H23N3O4. The molecule has 0 aliphatic carbocycles. The number of aromatic nitrogens is 1. The Morgan fingerprint density at radius 1 is 1.13 bits per heavy atom. The van der Waals surface area contributed by atoms with E-state index >= 15 is 0 Å². The van der Waals surface area contributed by atoms with Gasteiger partial charge in [0.2, 0.25) is 5.89 Å². The highest BCUT2D eigenvalue weighted by Gasteiger charge is 2.19. The summed E-state index contributed by atoms with van der Waals surface area (Å²) >= 11 is 0. The Bertz CT molecular complexity index is 1040. The number of oxazole rings is 1. The van der Waals surface area contributed by atoms with Crippen LogP contribution in [0.1, 0.15) is 43.4 Å². The van der Waals surface area contributed by atoms with Gasteiger partial charge in [-0.2, -0.15) is 0 Å². The maximum atomic E-state index is 12.4. The van der Waals surface area contributed by atoms with E-state index in [2.05, 4.69) is 44.2 Å². The van der Waals surface area contributed by atoms with Gasteiger partial charge in [0.25, 0.3) is 5.91 Å². The van der Waals surface area contributed by atoms with Gasteiger partial charge in [0.15, 0.2) is 5.69 Å². The van der Waals surface area contributed by atoms with Crippen molar-refractivity contribution in [1.82, 2.24) is 15.2 Å². The monoisotopic (exact) mass is 405 g/mol. The van der Waals surface area contributed by atoms with Gasteiger partial charge in [0.05, 0.1) is 19.2 Å². The van der Waals surface area contributed by atoms with E-state index in [9.17, 15) is 9.59 Å². The summed E-state index contributed by atoms with van der Waals surface area (Å²) in [4.78, 5) is 30.5. The molecule has 4 rings (SSSR count). The second-order valence-corrected chi connectivity index (χ2v) is 7.23. The highest BCUT2D eigenvalue weighted by Crippen LogP contribution is 2.20. The van der Waals surface area contributed by atoms with Gasteiger partial charge >= 0.3 is 5.97 Å². The SMILES string of the molecule is COC(=O)c1ccc(CNC(=O)c2coc(CN3CCc4ccccc4C3)n2)cc1. The molecule has 7 nitrogen and oxygen atoms in total. The standard InChI is InChI=1S/C23H23N3O4/c1-29-23(28)18-8-6-16(7-9-18)12-24-22(27)20-15-30-21(25-20)14-26-11-10-17-4-2-3-5-19(17)13-26/h2-9,15H,10-14H2,1H3,(H,24,27). The summed E-state index contributed by atoms with van der Waals surface area (Å²) in [5, 5.41) is 2.82. The summed E-state index contributed by atoms with van der Waals surface area (Å²) in [6, 6.07) is 15.3. The average Bonchev–Trinajstić information content (AvgIpc) is 3.25. The summed E-state index contributed by atoms with van der Waals surface area (Å²) in [5.74, 6) is -0.161. The smallest absolute Gasteiger partial charge is 0.337 e. The summed E-state index contributed by atoms with van der Waals surface area (Å²) in [7, 11) is 1.34. The van der Waals surface area contributed by atoms with Crippen molar-refractivity contribution in [3.8, 4) is 0 Å². The van der Waals surface area contributed by atoms with E-state index < -0.39 is 5.97 Å². The van der Waals surface area contributed by atoms with Crippen molar-refractivity contribution < 1.29 is 18.7 Å². The molecule has 30 heavy (non-hydrogen) atoms. The highest BCUT2D eigenvalue weighted by molar-refractivity contribution is 5.92. The van der Waals surface area contributed by atoms with Gasteiger partial charge in [0, 0.05) is 19.6 Å². The number of fused-ring (bicyclic) bond motifs is 1. The zero-order chi connectivity index (χ0) is 20.9. The van der Waals surface area contributed by atoms with E-state index in [4.69, 9.17) is 4.42 Å². The van der Waals surface area contributed by atoms with Crippen molar-refractivity contribution in [3.05, 3.63) is 88.6 Å². The number of rotatable bonds is 6. The lowest BCUT2D eigenvalue weighted by molar-refractivity contribution is 0.0600. The Morgan fingerprint density at radius 2 is 1.90 bits per heavy atom. The first kappa shape index (κ1) is 19.8. The zero-order valence-electron chi connectivity index (χ0n) is 16.8. The number of nitrogens with one attached hydrogen (secondary N) is 1. The molecule has 154 valence electrons. The van der Waals surface area contributed by atoms with Gasteiger partial charge in [-0.05, 0) is 35.2 Å². The van der Waals surface area contributed by atoms with Crippen LogP contribution in [0.25, 0.3) is 0 Å². The molecule has 0 bridgehead atoms. The first-order valence-electron chi connectivity index (χ1n) is 9.81. The van der Waals surface area contributed by atoms with Crippen molar-refractivity contribution in [2.75, 3.05) is 13.7 Å². The Balaban J connectivity index is 1.30. The van der Waals surface area contributed by atoms with Crippen LogP contribution in [0.5, 0.6) is 0 Å². The third-order valence-corrected chi connectivity index (χ3v) is 5.18. The summed E-state index contributed by atoms with van der Waals surface area (Å²) in [6.07, 6.45) is 2.39. The Hall–Kier alpha value is -3.45. The fourth-order valence-corrected chi connectivity index (χ4v) is 3.52. The zero-order valence-corrected chi connectivity index (χ0v) is 16.8. The minimum Gasteiger partial charge on any atom is -0.465 e. The number of ether oxygens (including phenoxy) is 1. The second-order valence-electron chi connectivity index (χ2n) is 7.23. The molecule has 0 unspecified atom stereocenters. The third-order valence-electron chi connectivity index (χ3n) is 5.18. The van der Waals surface area contributed by atoms with Gasteiger partial charge in [-0.25, -0.2) is 9.78 Å². The minimum absolute atomic E-state index is 0.258. The van der Waals surface area contributed by atoms with Gasteiger partial charge in [0.1, 0.15) is 6.26 Å². The molecule has 1 aliphatic heterocycles. The van der Waals surface area contributed by atoms with Crippen LogP contribution in [0.3, 0.4) is 0 Å². The topological polar surface area (TPSA) is 84.7 Å². The molecule has 0 atom stereocenters. The number of carbonyl (C=O) groups is 2. The highest BCUT2D eigenvalue weighted by atomic mass is 16.5. The number of carbonyl (C=O) groups excluding carboxylic acids is 2. The van der Waals surface area contributed by atoms with E-state index in [1.165, 1.54) is 24.5 Å². The van der Waals surface area contributed by atoms with Crippen LogP contribution in [-0.2, 0) is 30.8 Å². The predicted octanol–water partition coefficient (Wildman–Crippen LogP) is 2.95. The number of hydrogen-bond donors (Lipinski definition) is 1. The van der Waals surface area contributed by atoms with Gasteiger partial charge in [-0.15, -0.1) is 0 Å². The Morgan fingerprint density at radius 3 is 2.67 bits per heavy atom. The van der Waals surface area contributed by atoms with Crippen molar-refractivity contribution in [2.24, 2.45) is 0 Å². The Kier molecular flexibility index (Phi) is 5.90. The lowest BCUT2D eigenvalue weighted by Gasteiger charge is -2.27. The van der Waals surface area contributed by atoms with Crippen LogP contribution in [0.4, 0.5) is 0 Å². The average molecular weight is 405 g/mol. The molecule has 0 saturated carbocycles. The van der Waals surface area contributed by atoms with Crippen molar-refractivity contribution in [1.29, 1.82) is 0 Å². The number of benzene rings is 2. The molecular weight excluding hydrogens is 382 g/mol. The molecule has 1 aliphatic rings. The number of methoxy groups -OCH3 is 1. The van der Waals surface area contributed by atoms with Crippen LogP contribution in [-0.4, -0.2) is 35.4 Å². The molecule has 2 heterocycles. The molecule has 0 fully saturated rings. The third kappa shape index (κ3) is 4.58. The predicted molar refractivity (Wildman–Crippen MR) is 110 cm³/mol. The number of amides is 1. The lowest BCUT2D eigenvalue weighted by atomic mass is 10.00. The van der Waals surface area contributed by atoms with Crippen LogP contribution in [0.2, 0.25) is 0 Å². The second kappa shape index (κ2) is 8.92. The van der Waals surface area contributed by atoms with Gasteiger partial charge in [-0.3, -0.25) is 9.69 Å². The molecule has 0 radical (unpaired) electrons. The van der Waals surface area contributed by atoms with Gasteiger partial charge in [-0.1, -0.05) is 36.4 Å². The normalized spacial score (nSPS) is 13.5. The molecule has 2 aromatic carbocycles. The molecule has 1 aromatic heterocycles. The molecule has 0 spiro atoms. The fourth-order valence-electron chi connectivity index (χ4n) is 3.52. The summed E-state index contributed by atoms with van der Waals surface area (Å²) < 4.78 is 10.2. The van der Waals surface area contributed by atoms with Crippen LogP contribution >= 0.6 is 0 Å². The van der Waals surface area contributed by atoms with Crippen LogP contribution in [0, 0.1) is 0 Å². The van der Waals surface area contributed by atoms with E-state index in [1.807, 2.05) is 0 Å². The first-order valence-corrected chi connectivity index (χ1v) is 9.81. The lowest BCUT2D eigenvalue weighted by Crippen LogP contribution is -2.30. The van der Waals surface area contributed by atoms with Crippen LogP contribution in [0.15, 0.2) is 59.2 Å². The molecule has 1 amide bonds.